The fraction of sp³-hybridized carbons (Fsp3) is 1.00. The Kier molecular flexibility index (Phi) is 5.30. The van der Waals surface area contributed by atoms with Crippen molar-refractivity contribution in [2.45, 2.75) is 65.8 Å². The van der Waals surface area contributed by atoms with Crippen molar-refractivity contribution < 1.29 is 0 Å². The molecule has 0 amide bonds. The third-order valence-corrected chi connectivity index (χ3v) is 5.09. The second-order valence-corrected chi connectivity index (χ2v) is 7.87. The summed E-state index contributed by atoms with van der Waals surface area (Å²) in [5, 5.41) is 3.56. The molecule has 0 bridgehead atoms. The zero-order chi connectivity index (χ0) is 13.9. The standard InChI is InChI=1S/C17H34N2/c1-14(2)13-19-9-6-17(7-10-19)11-16(12-17)5-8-18-15(3)4/h14-16,18H,5-13H2,1-4H3. The lowest BCUT2D eigenvalue weighted by atomic mass is 9.57. The lowest BCUT2D eigenvalue weighted by molar-refractivity contribution is -0.0182. The highest BCUT2D eigenvalue weighted by molar-refractivity contribution is 4.97. The summed E-state index contributed by atoms with van der Waals surface area (Å²) in [6.07, 6.45) is 7.36. The molecule has 2 fully saturated rings. The highest BCUT2D eigenvalue weighted by atomic mass is 15.1. The van der Waals surface area contributed by atoms with Gasteiger partial charge in [-0.3, -0.25) is 0 Å². The second kappa shape index (κ2) is 6.58. The van der Waals surface area contributed by atoms with Gasteiger partial charge in [0, 0.05) is 12.6 Å². The molecule has 1 heterocycles. The maximum absolute atomic E-state index is 3.56. The van der Waals surface area contributed by atoms with E-state index >= 15 is 0 Å². The molecule has 1 aliphatic heterocycles. The van der Waals surface area contributed by atoms with Crippen molar-refractivity contribution in [3.8, 4) is 0 Å². The Morgan fingerprint density at radius 2 is 1.74 bits per heavy atom. The van der Waals surface area contributed by atoms with Crippen LogP contribution in [-0.4, -0.2) is 37.1 Å². The van der Waals surface area contributed by atoms with Gasteiger partial charge in [0.05, 0.1) is 0 Å². The zero-order valence-electron chi connectivity index (χ0n) is 13.5. The lowest BCUT2D eigenvalue weighted by Gasteiger charge is -2.53. The number of nitrogens with zero attached hydrogens (tertiary/aromatic N) is 1. The van der Waals surface area contributed by atoms with Gasteiger partial charge in [0.15, 0.2) is 0 Å². The Morgan fingerprint density at radius 3 is 2.26 bits per heavy atom. The van der Waals surface area contributed by atoms with Crippen LogP contribution in [0.15, 0.2) is 0 Å². The second-order valence-electron chi connectivity index (χ2n) is 7.87. The number of piperidine rings is 1. The first kappa shape index (κ1) is 15.3. The van der Waals surface area contributed by atoms with E-state index in [0.29, 0.717) is 6.04 Å². The molecule has 0 aromatic heterocycles. The van der Waals surface area contributed by atoms with Gasteiger partial charge < -0.3 is 10.2 Å². The van der Waals surface area contributed by atoms with Crippen LogP contribution in [0.5, 0.6) is 0 Å². The third-order valence-electron chi connectivity index (χ3n) is 5.09. The average molecular weight is 266 g/mol. The van der Waals surface area contributed by atoms with E-state index in [1.165, 1.54) is 58.3 Å². The van der Waals surface area contributed by atoms with E-state index in [9.17, 15) is 0 Å². The molecule has 1 spiro atoms. The molecule has 112 valence electrons. The first-order valence-corrected chi connectivity index (χ1v) is 8.45. The summed E-state index contributed by atoms with van der Waals surface area (Å²) in [6.45, 7) is 14.4. The molecule has 0 aromatic carbocycles. The largest absolute Gasteiger partial charge is 0.315 e. The number of likely N-dealkylation sites (tertiary alicyclic amines) is 1. The fourth-order valence-electron chi connectivity index (χ4n) is 4.08. The lowest BCUT2D eigenvalue weighted by Crippen LogP contribution is -2.48. The van der Waals surface area contributed by atoms with Gasteiger partial charge in [0.2, 0.25) is 0 Å². The van der Waals surface area contributed by atoms with E-state index in [4.69, 9.17) is 0 Å². The Balaban J connectivity index is 1.61. The van der Waals surface area contributed by atoms with Crippen LogP contribution >= 0.6 is 0 Å². The van der Waals surface area contributed by atoms with Crippen molar-refractivity contribution in [3.05, 3.63) is 0 Å². The van der Waals surface area contributed by atoms with Crippen LogP contribution in [0.3, 0.4) is 0 Å². The van der Waals surface area contributed by atoms with E-state index < -0.39 is 0 Å². The molecule has 0 unspecified atom stereocenters. The van der Waals surface area contributed by atoms with Crippen LogP contribution in [0.2, 0.25) is 0 Å². The van der Waals surface area contributed by atoms with E-state index in [-0.39, 0.29) is 0 Å². The van der Waals surface area contributed by atoms with Crippen LogP contribution < -0.4 is 5.32 Å². The summed E-state index contributed by atoms with van der Waals surface area (Å²) >= 11 is 0. The molecule has 0 atom stereocenters. The fourth-order valence-corrected chi connectivity index (χ4v) is 4.08. The van der Waals surface area contributed by atoms with Crippen molar-refractivity contribution >= 4 is 0 Å². The summed E-state index contributed by atoms with van der Waals surface area (Å²) < 4.78 is 0. The minimum atomic E-state index is 0.647. The third kappa shape index (κ3) is 4.46. The predicted octanol–water partition coefficient (Wildman–Crippen LogP) is 3.52. The van der Waals surface area contributed by atoms with Gasteiger partial charge in [0.25, 0.3) is 0 Å². The first-order chi connectivity index (χ1) is 8.99. The van der Waals surface area contributed by atoms with Crippen LogP contribution in [0.1, 0.15) is 59.8 Å². The molecular formula is C17H34N2. The van der Waals surface area contributed by atoms with Crippen LogP contribution in [0.25, 0.3) is 0 Å². The van der Waals surface area contributed by atoms with E-state index in [1.807, 2.05) is 0 Å². The molecule has 2 aliphatic rings. The minimum Gasteiger partial charge on any atom is -0.315 e. The summed E-state index contributed by atoms with van der Waals surface area (Å²) in [5.41, 5.74) is 0.760. The van der Waals surface area contributed by atoms with Gasteiger partial charge in [-0.1, -0.05) is 27.7 Å². The molecule has 2 rings (SSSR count). The molecular weight excluding hydrogens is 232 g/mol. The van der Waals surface area contributed by atoms with Crippen molar-refractivity contribution in [2.75, 3.05) is 26.2 Å². The number of nitrogens with one attached hydrogen (secondary N) is 1. The van der Waals surface area contributed by atoms with Gasteiger partial charge in [-0.2, -0.15) is 0 Å². The Hall–Kier alpha value is -0.0800. The zero-order valence-corrected chi connectivity index (χ0v) is 13.5. The molecule has 1 N–H and O–H groups in total. The Labute approximate surface area is 120 Å². The molecule has 1 aliphatic carbocycles. The minimum absolute atomic E-state index is 0.647. The summed E-state index contributed by atoms with van der Waals surface area (Å²) in [4.78, 5) is 2.68. The first-order valence-electron chi connectivity index (χ1n) is 8.45. The molecule has 2 heteroatoms. The predicted molar refractivity (Wildman–Crippen MR) is 83.4 cm³/mol. The summed E-state index contributed by atoms with van der Waals surface area (Å²) in [7, 11) is 0. The molecule has 1 saturated heterocycles. The van der Waals surface area contributed by atoms with E-state index in [1.54, 1.807) is 0 Å². The van der Waals surface area contributed by atoms with Gasteiger partial charge >= 0.3 is 0 Å². The van der Waals surface area contributed by atoms with Crippen molar-refractivity contribution in [2.24, 2.45) is 17.3 Å². The molecule has 2 nitrogen and oxygen atoms in total. The van der Waals surface area contributed by atoms with Gasteiger partial charge in [-0.15, -0.1) is 0 Å². The average Bonchev–Trinajstić information content (AvgIpc) is 2.28. The Morgan fingerprint density at radius 1 is 1.11 bits per heavy atom. The number of hydrogen-bond acceptors (Lipinski definition) is 2. The summed E-state index contributed by atoms with van der Waals surface area (Å²) in [6, 6.07) is 0.647. The van der Waals surface area contributed by atoms with Gasteiger partial charge in [0.1, 0.15) is 0 Å². The maximum atomic E-state index is 3.56. The quantitative estimate of drug-likeness (QED) is 0.791. The smallest absolute Gasteiger partial charge is 0.00103 e. The Bertz CT molecular complexity index is 256. The van der Waals surface area contributed by atoms with Crippen LogP contribution in [0.4, 0.5) is 0 Å². The van der Waals surface area contributed by atoms with Crippen LogP contribution in [0, 0.1) is 17.3 Å². The van der Waals surface area contributed by atoms with Crippen molar-refractivity contribution in [3.63, 3.8) is 0 Å². The topological polar surface area (TPSA) is 15.3 Å². The van der Waals surface area contributed by atoms with E-state index in [2.05, 4.69) is 37.9 Å². The van der Waals surface area contributed by atoms with Gasteiger partial charge in [-0.05, 0) is 69.0 Å². The monoisotopic (exact) mass is 266 g/mol. The SMILES string of the molecule is CC(C)CN1CCC2(CC1)CC(CCNC(C)C)C2. The van der Waals surface area contributed by atoms with Gasteiger partial charge in [-0.25, -0.2) is 0 Å². The highest BCUT2D eigenvalue weighted by Gasteiger charge is 2.45. The summed E-state index contributed by atoms with van der Waals surface area (Å²) in [5.74, 6) is 1.84. The number of rotatable bonds is 6. The highest BCUT2D eigenvalue weighted by Crippen LogP contribution is 2.53. The molecule has 19 heavy (non-hydrogen) atoms. The normalized spacial score (nSPS) is 24.3. The van der Waals surface area contributed by atoms with E-state index in [0.717, 1.165) is 17.3 Å². The van der Waals surface area contributed by atoms with Crippen molar-refractivity contribution in [1.29, 1.82) is 0 Å². The number of hydrogen-bond donors (Lipinski definition) is 1. The van der Waals surface area contributed by atoms with Crippen LogP contribution in [-0.2, 0) is 0 Å². The molecule has 0 radical (unpaired) electrons. The van der Waals surface area contributed by atoms with Crippen molar-refractivity contribution in [1.82, 2.24) is 10.2 Å². The molecule has 0 aromatic rings. The molecule has 1 saturated carbocycles. The maximum Gasteiger partial charge on any atom is 0.00103 e.